The minimum Gasteiger partial charge on any atom is -0.494 e. The van der Waals surface area contributed by atoms with E-state index in [0.717, 1.165) is 24.2 Å². The van der Waals surface area contributed by atoms with Gasteiger partial charge in [0, 0.05) is 31.4 Å². The van der Waals surface area contributed by atoms with Gasteiger partial charge in [-0.15, -0.1) is 0 Å². The molecule has 3 aliphatic rings. The van der Waals surface area contributed by atoms with Crippen molar-refractivity contribution in [1.29, 1.82) is 0 Å². The van der Waals surface area contributed by atoms with Gasteiger partial charge in [0.15, 0.2) is 0 Å². The molecule has 1 aliphatic carbocycles. The number of nitrogens with one attached hydrogen (secondary N) is 2. The van der Waals surface area contributed by atoms with Gasteiger partial charge in [-0.3, -0.25) is 9.59 Å². The molecule has 30 heavy (non-hydrogen) atoms. The van der Waals surface area contributed by atoms with Crippen LogP contribution in [0, 0.1) is 0 Å². The standard InChI is InChI=1S/C23H32N4O3/c1-2-30-19-10-8-17(9-11-19)20-16-21-23(29)26(14-15-27(21)25-20)13-12-22(28)24-18-6-4-3-5-7-18/h8-11,14-15,18,20-21,25H,2-7,12-13,16H2,1H3,(H,24,28). The highest BCUT2D eigenvalue weighted by Crippen LogP contribution is 2.31. The molecule has 162 valence electrons. The monoisotopic (exact) mass is 412 g/mol. The third-order valence-corrected chi connectivity index (χ3v) is 6.22. The van der Waals surface area contributed by atoms with E-state index in [1.54, 1.807) is 11.1 Å². The summed E-state index contributed by atoms with van der Waals surface area (Å²) in [5, 5.41) is 5.02. The van der Waals surface area contributed by atoms with Crippen LogP contribution in [0.5, 0.6) is 5.75 Å². The zero-order valence-corrected chi connectivity index (χ0v) is 17.7. The fourth-order valence-electron chi connectivity index (χ4n) is 4.57. The Kier molecular flexibility index (Phi) is 6.57. The molecule has 2 fully saturated rings. The Labute approximate surface area is 178 Å². The minimum atomic E-state index is -0.243. The van der Waals surface area contributed by atoms with Crippen LogP contribution in [0.3, 0.4) is 0 Å². The Balaban J connectivity index is 1.29. The molecule has 1 aromatic carbocycles. The van der Waals surface area contributed by atoms with E-state index in [1.807, 2.05) is 42.4 Å². The first-order valence-electron chi connectivity index (χ1n) is 11.2. The van der Waals surface area contributed by atoms with Crippen molar-refractivity contribution >= 4 is 11.8 Å². The molecule has 2 atom stereocenters. The molecule has 0 aromatic heterocycles. The van der Waals surface area contributed by atoms with Crippen molar-refractivity contribution in [3.05, 3.63) is 42.2 Å². The molecule has 0 bridgehead atoms. The third kappa shape index (κ3) is 4.78. The number of hydrogen-bond donors (Lipinski definition) is 2. The second kappa shape index (κ2) is 9.51. The van der Waals surface area contributed by atoms with E-state index in [2.05, 4.69) is 10.7 Å². The summed E-state index contributed by atoms with van der Waals surface area (Å²) in [6.07, 6.45) is 10.5. The molecular weight excluding hydrogens is 380 g/mol. The average Bonchev–Trinajstić information content (AvgIpc) is 3.20. The van der Waals surface area contributed by atoms with E-state index in [-0.39, 0.29) is 23.9 Å². The molecule has 2 amide bonds. The highest BCUT2D eigenvalue weighted by molar-refractivity contribution is 5.85. The van der Waals surface area contributed by atoms with Gasteiger partial charge >= 0.3 is 0 Å². The molecule has 2 unspecified atom stereocenters. The number of hydrogen-bond acceptors (Lipinski definition) is 5. The van der Waals surface area contributed by atoms with Crippen LogP contribution in [0.2, 0.25) is 0 Å². The van der Waals surface area contributed by atoms with Crippen molar-refractivity contribution in [3.63, 3.8) is 0 Å². The van der Waals surface area contributed by atoms with Crippen molar-refractivity contribution < 1.29 is 14.3 Å². The van der Waals surface area contributed by atoms with Gasteiger partial charge in [-0.2, -0.15) is 0 Å². The number of rotatable bonds is 7. The molecular formula is C23H32N4O3. The Morgan fingerprint density at radius 1 is 1.17 bits per heavy atom. The summed E-state index contributed by atoms with van der Waals surface area (Å²) in [6, 6.07) is 8.16. The van der Waals surface area contributed by atoms with E-state index >= 15 is 0 Å². The summed E-state index contributed by atoms with van der Waals surface area (Å²) in [5.41, 5.74) is 4.54. The molecule has 0 spiro atoms. The van der Waals surface area contributed by atoms with Crippen LogP contribution in [-0.4, -0.2) is 47.0 Å². The van der Waals surface area contributed by atoms with Crippen molar-refractivity contribution in [3.8, 4) is 5.75 Å². The fraction of sp³-hybridized carbons (Fsp3) is 0.565. The number of hydrazine groups is 1. The molecule has 1 saturated heterocycles. The van der Waals surface area contributed by atoms with Crippen molar-refractivity contribution in [2.75, 3.05) is 13.2 Å². The lowest BCUT2D eigenvalue weighted by atomic mass is 9.95. The molecule has 1 saturated carbocycles. The van der Waals surface area contributed by atoms with Crippen LogP contribution in [-0.2, 0) is 9.59 Å². The molecule has 7 nitrogen and oxygen atoms in total. The Morgan fingerprint density at radius 3 is 2.67 bits per heavy atom. The molecule has 1 aromatic rings. The lowest BCUT2D eigenvalue weighted by molar-refractivity contribution is -0.134. The zero-order chi connectivity index (χ0) is 20.9. The minimum absolute atomic E-state index is 0.0438. The summed E-state index contributed by atoms with van der Waals surface area (Å²) in [5.74, 6) is 0.942. The van der Waals surface area contributed by atoms with E-state index in [1.165, 1.54) is 19.3 Å². The summed E-state index contributed by atoms with van der Waals surface area (Å²) < 4.78 is 5.51. The Hall–Kier alpha value is -2.54. The Bertz CT molecular complexity index is 773. The fourth-order valence-corrected chi connectivity index (χ4v) is 4.57. The first-order valence-corrected chi connectivity index (χ1v) is 11.2. The lowest BCUT2D eigenvalue weighted by Gasteiger charge is -2.32. The maximum Gasteiger partial charge on any atom is 0.250 e. The molecule has 2 aliphatic heterocycles. The topological polar surface area (TPSA) is 73.9 Å². The maximum absolute atomic E-state index is 13.0. The Morgan fingerprint density at radius 2 is 1.93 bits per heavy atom. The first kappa shape index (κ1) is 20.7. The number of carbonyl (C=O) groups excluding carboxylic acids is 2. The van der Waals surface area contributed by atoms with Crippen LogP contribution < -0.4 is 15.5 Å². The second-order valence-electron chi connectivity index (χ2n) is 8.32. The third-order valence-electron chi connectivity index (χ3n) is 6.22. The quantitative estimate of drug-likeness (QED) is 0.720. The second-order valence-corrected chi connectivity index (χ2v) is 8.32. The summed E-state index contributed by atoms with van der Waals surface area (Å²) >= 11 is 0. The number of carbonyl (C=O) groups is 2. The molecule has 4 rings (SSSR count). The van der Waals surface area contributed by atoms with Crippen LogP contribution >= 0.6 is 0 Å². The molecule has 0 radical (unpaired) electrons. The summed E-state index contributed by atoms with van der Waals surface area (Å²) in [6.45, 7) is 3.03. The maximum atomic E-state index is 13.0. The number of nitrogens with zero attached hydrogens (tertiary/aromatic N) is 2. The highest BCUT2D eigenvalue weighted by atomic mass is 16.5. The summed E-state index contributed by atoms with van der Waals surface area (Å²) in [7, 11) is 0. The van der Waals surface area contributed by atoms with Crippen LogP contribution in [0.15, 0.2) is 36.7 Å². The predicted octanol–water partition coefficient (Wildman–Crippen LogP) is 2.86. The zero-order valence-electron chi connectivity index (χ0n) is 17.7. The van der Waals surface area contributed by atoms with E-state index < -0.39 is 0 Å². The molecule has 2 N–H and O–H groups in total. The van der Waals surface area contributed by atoms with Gasteiger partial charge < -0.3 is 20.0 Å². The number of fused-ring (bicyclic) bond motifs is 1. The van der Waals surface area contributed by atoms with Crippen molar-refractivity contribution in [2.24, 2.45) is 0 Å². The molecule has 7 heteroatoms. The number of ether oxygens (including phenoxy) is 1. The van der Waals surface area contributed by atoms with Gasteiger partial charge in [-0.1, -0.05) is 31.4 Å². The van der Waals surface area contributed by atoms with Gasteiger partial charge in [0.2, 0.25) is 5.91 Å². The van der Waals surface area contributed by atoms with Crippen molar-refractivity contribution in [1.82, 2.24) is 20.7 Å². The largest absolute Gasteiger partial charge is 0.494 e. The number of benzene rings is 1. The average molecular weight is 413 g/mol. The normalized spacial score (nSPS) is 24.1. The van der Waals surface area contributed by atoms with Crippen LogP contribution in [0.25, 0.3) is 0 Å². The SMILES string of the molecule is CCOc1ccc(C2CC3C(=O)N(CCC(=O)NC4CCCCC4)C=CN3N2)cc1. The van der Waals surface area contributed by atoms with Gasteiger partial charge in [-0.05, 0) is 43.9 Å². The van der Waals surface area contributed by atoms with E-state index in [0.29, 0.717) is 32.0 Å². The summed E-state index contributed by atoms with van der Waals surface area (Å²) in [4.78, 5) is 26.9. The lowest BCUT2D eigenvalue weighted by Crippen LogP contribution is -2.48. The van der Waals surface area contributed by atoms with E-state index in [9.17, 15) is 9.59 Å². The van der Waals surface area contributed by atoms with E-state index in [4.69, 9.17) is 4.74 Å². The highest BCUT2D eigenvalue weighted by Gasteiger charge is 2.39. The number of amides is 2. The van der Waals surface area contributed by atoms with Gasteiger partial charge in [-0.25, -0.2) is 5.43 Å². The van der Waals surface area contributed by atoms with Gasteiger partial charge in [0.25, 0.3) is 5.91 Å². The van der Waals surface area contributed by atoms with Gasteiger partial charge in [0.1, 0.15) is 11.8 Å². The van der Waals surface area contributed by atoms with Gasteiger partial charge in [0.05, 0.1) is 12.6 Å². The molecule has 2 heterocycles. The predicted molar refractivity (Wildman–Crippen MR) is 114 cm³/mol. The van der Waals surface area contributed by atoms with Crippen molar-refractivity contribution in [2.45, 2.75) is 70.0 Å². The van der Waals surface area contributed by atoms with Crippen LogP contribution in [0.4, 0.5) is 0 Å². The first-order chi connectivity index (χ1) is 14.6. The smallest absolute Gasteiger partial charge is 0.250 e. The van der Waals surface area contributed by atoms with Crippen LogP contribution in [0.1, 0.15) is 63.5 Å².